The minimum atomic E-state index is -0.527. The number of hydrogen-bond acceptors (Lipinski definition) is 1. The molecule has 0 radical (unpaired) electrons. The van der Waals surface area contributed by atoms with Crippen molar-refractivity contribution in [1.82, 2.24) is 4.57 Å². The number of para-hydroxylation sites is 1. The third-order valence-corrected chi connectivity index (χ3v) is 15.2. The summed E-state index contributed by atoms with van der Waals surface area (Å²) in [6, 6.07) is 98.2. The maximum Gasteiger partial charge on any atom is 0.0714 e. The lowest BCUT2D eigenvalue weighted by Gasteiger charge is -2.35. The van der Waals surface area contributed by atoms with Crippen molar-refractivity contribution in [2.45, 2.75) is 5.41 Å². The molecule has 12 aromatic rings. The molecule has 14 rings (SSSR count). The van der Waals surface area contributed by atoms with E-state index in [4.69, 9.17) is 0 Å². The predicted molar refractivity (Wildman–Crippen MR) is 297 cm³/mol. The zero-order valence-corrected chi connectivity index (χ0v) is 39.0. The first kappa shape index (κ1) is 40.8. The summed E-state index contributed by atoms with van der Waals surface area (Å²) in [6.45, 7) is 4.64. The Morgan fingerprint density at radius 1 is 0.310 bits per heavy atom. The van der Waals surface area contributed by atoms with Crippen LogP contribution in [0.2, 0.25) is 0 Å². The second kappa shape index (κ2) is 16.2. The van der Waals surface area contributed by atoms with Crippen LogP contribution in [0.15, 0.2) is 273 Å². The number of nitrogens with zero attached hydrogens (tertiary/aromatic N) is 2. The number of aromatic nitrogens is 1. The zero-order valence-electron chi connectivity index (χ0n) is 39.0. The van der Waals surface area contributed by atoms with Gasteiger partial charge in [0, 0.05) is 33.5 Å². The van der Waals surface area contributed by atoms with Gasteiger partial charge in [-0.3, -0.25) is 0 Å². The van der Waals surface area contributed by atoms with Crippen LogP contribution in [0.1, 0.15) is 33.4 Å². The van der Waals surface area contributed by atoms with Crippen LogP contribution in [-0.4, -0.2) is 4.57 Å². The number of benzene rings is 11. The van der Waals surface area contributed by atoms with Crippen molar-refractivity contribution in [2.75, 3.05) is 4.90 Å². The summed E-state index contributed by atoms with van der Waals surface area (Å²) in [5.74, 6) is 0. The molecule has 1 aromatic heterocycles. The van der Waals surface area contributed by atoms with Gasteiger partial charge in [-0.2, -0.15) is 0 Å². The lowest BCUT2D eigenvalue weighted by molar-refractivity contribution is 0.768. The fourth-order valence-corrected chi connectivity index (χ4v) is 12.0. The molecule has 0 N–H and O–H groups in total. The van der Waals surface area contributed by atoms with E-state index in [0.29, 0.717) is 0 Å². The van der Waals surface area contributed by atoms with Crippen molar-refractivity contribution in [2.24, 2.45) is 0 Å². The molecule has 0 saturated carbocycles. The van der Waals surface area contributed by atoms with E-state index in [-0.39, 0.29) is 0 Å². The van der Waals surface area contributed by atoms with E-state index >= 15 is 0 Å². The normalized spacial score (nSPS) is 12.9. The van der Waals surface area contributed by atoms with Gasteiger partial charge in [0.15, 0.2) is 0 Å². The first-order chi connectivity index (χ1) is 35.1. The van der Waals surface area contributed by atoms with Gasteiger partial charge in [0.25, 0.3) is 0 Å². The molecule has 2 aliphatic rings. The Morgan fingerprint density at radius 3 is 1.54 bits per heavy atom. The van der Waals surface area contributed by atoms with Gasteiger partial charge in [0.1, 0.15) is 0 Å². The third kappa shape index (κ3) is 6.28. The number of hydrogen-bond donors (Lipinski definition) is 0. The largest absolute Gasteiger partial charge is 0.310 e. The average molecular weight is 903 g/mol. The monoisotopic (exact) mass is 902 g/mol. The Kier molecular flexibility index (Phi) is 9.30. The molecule has 0 bridgehead atoms. The van der Waals surface area contributed by atoms with E-state index in [2.05, 4.69) is 283 Å². The number of fused-ring (bicyclic) bond motifs is 9. The summed E-state index contributed by atoms with van der Waals surface area (Å²) in [4.78, 5) is 2.43. The van der Waals surface area contributed by atoms with Gasteiger partial charge >= 0.3 is 0 Å². The highest BCUT2D eigenvalue weighted by molar-refractivity contribution is 6.10. The highest BCUT2D eigenvalue weighted by Crippen LogP contribution is 2.57. The Balaban J connectivity index is 0.909. The molecule has 2 heteroatoms. The van der Waals surface area contributed by atoms with Crippen LogP contribution in [0.25, 0.3) is 77.6 Å². The Labute approximate surface area is 414 Å². The molecule has 2 aliphatic carbocycles. The smallest absolute Gasteiger partial charge is 0.0714 e. The summed E-state index contributed by atoms with van der Waals surface area (Å²) >= 11 is 0. The van der Waals surface area contributed by atoms with Crippen molar-refractivity contribution < 1.29 is 0 Å². The first-order valence-corrected chi connectivity index (χ1v) is 24.5. The standard InChI is InChI=1S/C69H46N2/c1-46-57-23-11-12-24-58(57)59-40-38-55(44-63(46)59)70(56-39-41-61-60-25-13-15-27-65(60)69(66(61)45-56,51-19-7-3-8-20-51)52-21-9-4-10-22-52)53-34-31-49(32-35-53)50-33-42-68-64(43-50)62-26-14-16-28-67(62)71(68)54-36-29-48(30-37-54)47-17-5-2-6-18-47/h2-45H,1H2. The minimum absolute atomic E-state index is 0.527. The van der Waals surface area contributed by atoms with Crippen molar-refractivity contribution in [3.05, 3.63) is 307 Å². The van der Waals surface area contributed by atoms with E-state index in [0.717, 1.165) is 33.9 Å². The fourth-order valence-electron chi connectivity index (χ4n) is 12.0. The Morgan fingerprint density at radius 2 is 0.803 bits per heavy atom. The van der Waals surface area contributed by atoms with E-state index in [1.807, 2.05) is 0 Å². The van der Waals surface area contributed by atoms with E-state index < -0.39 is 5.41 Å². The molecule has 11 aromatic carbocycles. The molecule has 1 heterocycles. The molecule has 0 aliphatic heterocycles. The quantitative estimate of drug-likeness (QED) is 0.147. The van der Waals surface area contributed by atoms with Gasteiger partial charge in [-0.1, -0.05) is 207 Å². The van der Waals surface area contributed by atoms with Crippen molar-refractivity contribution in [3.8, 4) is 50.2 Å². The van der Waals surface area contributed by atoms with Crippen LogP contribution >= 0.6 is 0 Å². The van der Waals surface area contributed by atoms with Crippen LogP contribution in [0, 0.1) is 0 Å². The summed E-state index contributed by atoms with van der Waals surface area (Å²) in [5, 5.41) is 2.47. The predicted octanol–water partition coefficient (Wildman–Crippen LogP) is 18.0. The molecule has 0 spiro atoms. The van der Waals surface area contributed by atoms with Crippen molar-refractivity contribution >= 4 is 44.4 Å². The van der Waals surface area contributed by atoms with Gasteiger partial charge in [0.2, 0.25) is 0 Å². The molecule has 0 saturated heterocycles. The van der Waals surface area contributed by atoms with Crippen LogP contribution in [-0.2, 0) is 5.41 Å². The molecule has 0 fully saturated rings. The van der Waals surface area contributed by atoms with E-state index in [1.165, 1.54) is 94.1 Å². The minimum Gasteiger partial charge on any atom is -0.310 e. The summed E-state index contributed by atoms with van der Waals surface area (Å²) in [6.07, 6.45) is 0. The second-order valence-electron chi connectivity index (χ2n) is 18.9. The lowest BCUT2D eigenvalue weighted by Crippen LogP contribution is -2.28. The van der Waals surface area contributed by atoms with Crippen LogP contribution in [0.3, 0.4) is 0 Å². The summed E-state index contributed by atoms with van der Waals surface area (Å²) in [5.41, 5.74) is 24.5. The molecule has 2 nitrogen and oxygen atoms in total. The Bertz CT molecular complexity index is 3990. The molecule has 0 unspecified atom stereocenters. The maximum atomic E-state index is 4.64. The topological polar surface area (TPSA) is 8.17 Å². The van der Waals surface area contributed by atoms with Crippen molar-refractivity contribution in [3.63, 3.8) is 0 Å². The number of rotatable bonds is 8. The molecule has 0 amide bonds. The second-order valence-corrected chi connectivity index (χ2v) is 18.9. The lowest BCUT2D eigenvalue weighted by atomic mass is 9.67. The molecule has 71 heavy (non-hydrogen) atoms. The highest BCUT2D eigenvalue weighted by Gasteiger charge is 2.46. The molecular formula is C69H46N2. The van der Waals surface area contributed by atoms with Gasteiger partial charge in [-0.25, -0.2) is 0 Å². The summed E-state index contributed by atoms with van der Waals surface area (Å²) in [7, 11) is 0. The highest BCUT2D eigenvalue weighted by atomic mass is 15.1. The van der Waals surface area contributed by atoms with Crippen LogP contribution < -0.4 is 4.90 Å². The Hall–Kier alpha value is -9.24. The molecule has 332 valence electrons. The zero-order chi connectivity index (χ0) is 47.0. The van der Waals surface area contributed by atoms with Gasteiger partial charge in [-0.15, -0.1) is 0 Å². The van der Waals surface area contributed by atoms with Gasteiger partial charge < -0.3 is 9.47 Å². The van der Waals surface area contributed by atoms with Gasteiger partial charge in [-0.05, 0) is 150 Å². The SMILES string of the molecule is C=C1c2ccccc2-c2ccc(N(c3ccc(-c4ccc5c(c4)c4ccccc4n5-c4ccc(-c5ccccc5)cc4)cc3)c3ccc4c(c3)C(c3ccccc3)(c3ccccc3)c3ccccc3-4)cc21. The van der Waals surface area contributed by atoms with E-state index in [1.54, 1.807) is 0 Å². The molecular weight excluding hydrogens is 857 g/mol. The third-order valence-electron chi connectivity index (χ3n) is 15.2. The van der Waals surface area contributed by atoms with Gasteiger partial charge in [0.05, 0.1) is 16.4 Å². The first-order valence-electron chi connectivity index (χ1n) is 24.5. The van der Waals surface area contributed by atoms with Crippen LogP contribution in [0.4, 0.5) is 17.1 Å². The van der Waals surface area contributed by atoms with Crippen molar-refractivity contribution in [1.29, 1.82) is 0 Å². The average Bonchev–Trinajstić information content (AvgIpc) is 4.05. The maximum absolute atomic E-state index is 4.64. The summed E-state index contributed by atoms with van der Waals surface area (Å²) < 4.78 is 2.40. The fraction of sp³-hybridized carbons (Fsp3) is 0.0145. The molecule has 0 atom stereocenters. The number of anilines is 3. The van der Waals surface area contributed by atoms with E-state index in [9.17, 15) is 0 Å². The van der Waals surface area contributed by atoms with Crippen LogP contribution in [0.5, 0.6) is 0 Å².